The van der Waals surface area contributed by atoms with Crippen LogP contribution >= 0.6 is 0 Å². The van der Waals surface area contributed by atoms with E-state index in [1.54, 1.807) is 18.2 Å². The van der Waals surface area contributed by atoms with Gasteiger partial charge in [0.1, 0.15) is 11.3 Å². The molecule has 0 spiro atoms. The molecule has 5 rings (SSSR count). The predicted molar refractivity (Wildman–Crippen MR) is 202 cm³/mol. The number of H-pyrrole nitrogens is 1. The molecule has 2 heterocycles. The minimum atomic E-state index is -2.03. The number of imidazole rings is 1. The molecule has 0 saturated heterocycles. The first-order valence-electron chi connectivity index (χ1n) is 19.0. The topological polar surface area (TPSA) is 204 Å². The van der Waals surface area contributed by atoms with Gasteiger partial charge in [0.25, 0.3) is 0 Å². The number of hydrogen-bond acceptors (Lipinski definition) is 9. The van der Waals surface area contributed by atoms with E-state index in [2.05, 4.69) is 26.7 Å². The Kier molecular flexibility index (Phi) is 13.6. The Balaban J connectivity index is 1.64. The number of rotatable bonds is 16. The number of ether oxygens (including phenoxy) is 1. The molecule has 1 fully saturated rings. The summed E-state index contributed by atoms with van der Waals surface area (Å²) in [5.74, 6) is -2.75. The predicted octanol–water partition coefficient (Wildman–Crippen LogP) is 3.66. The number of fused-ring (bicyclic) bond motifs is 1. The molecule has 2 aromatic carbocycles. The van der Waals surface area contributed by atoms with Crippen molar-refractivity contribution in [1.29, 1.82) is 5.26 Å². The number of amides is 4. The molecule has 0 bridgehead atoms. The second-order valence-electron chi connectivity index (χ2n) is 15.2. The van der Waals surface area contributed by atoms with Gasteiger partial charge in [-0.15, -0.1) is 0 Å². The quantitative estimate of drug-likeness (QED) is 0.145. The highest BCUT2D eigenvalue weighted by Gasteiger charge is 2.58. The molecule has 1 aliphatic carbocycles. The van der Waals surface area contributed by atoms with Crippen molar-refractivity contribution in [2.24, 2.45) is 17.6 Å². The van der Waals surface area contributed by atoms with E-state index in [-0.39, 0.29) is 43.6 Å². The molecule has 288 valence electrons. The molecule has 1 aliphatic heterocycles. The monoisotopic (exact) mass is 739 g/mol. The zero-order valence-corrected chi connectivity index (χ0v) is 31.4. The second kappa shape index (κ2) is 18.3. The third-order valence-corrected chi connectivity index (χ3v) is 10.6. The maximum Gasteiger partial charge on any atom is 0.247 e. The van der Waals surface area contributed by atoms with E-state index in [1.807, 2.05) is 44.2 Å². The summed E-state index contributed by atoms with van der Waals surface area (Å²) in [4.78, 5) is 65.6. The smallest absolute Gasteiger partial charge is 0.247 e. The van der Waals surface area contributed by atoms with Gasteiger partial charge in [-0.3, -0.25) is 24.1 Å². The third-order valence-electron chi connectivity index (χ3n) is 10.6. The fourth-order valence-electron chi connectivity index (χ4n) is 7.91. The van der Waals surface area contributed by atoms with Crippen LogP contribution in [0.3, 0.4) is 0 Å². The number of aromatic amines is 1. The lowest BCUT2D eigenvalue weighted by molar-refractivity contribution is -0.161. The van der Waals surface area contributed by atoms with Gasteiger partial charge < -0.3 is 31.2 Å². The zero-order valence-electron chi connectivity index (χ0n) is 31.4. The molecular formula is C41H53N7O6. The van der Waals surface area contributed by atoms with Gasteiger partial charge in [-0.1, -0.05) is 76.3 Å². The zero-order chi connectivity index (χ0) is 38.8. The van der Waals surface area contributed by atoms with E-state index in [4.69, 9.17) is 10.5 Å². The molecule has 2 unspecified atom stereocenters. The number of carbonyl (C=O) groups excluding carboxylic acids is 4. The van der Waals surface area contributed by atoms with Crippen molar-refractivity contribution in [3.63, 3.8) is 0 Å². The normalized spacial score (nSPS) is 18.3. The van der Waals surface area contributed by atoms with Gasteiger partial charge >= 0.3 is 0 Å². The van der Waals surface area contributed by atoms with E-state index >= 15 is 4.79 Å². The van der Waals surface area contributed by atoms with Crippen molar-refractivity contribution in [1.82, 2.24) is 25.5 Å². The number of carbonyl (C=O) groups is 4. The minimum absolute atomic E-state index is 0.0933. The first kappa shape index (κ1) is 40.1. The number of benzene rings is 2. The molecule has 0 radical (unpaired) electrons. The van der Waals surface area contributed by atoms with Gasteiger partial charge in [0, 0.05) is 37.3 Å². The van der Waals surface area contributed by atoms with Crippen LogP contribution in [0.15, 0.2) is 61.1 Å². The molecule has 3 aromatic rings. The van der Waals surface area contributed by atoms with E-state index < -0.39 is 47.4 Å². The lowest BCUT2D eigenvalue weighted by Crippen LogP contribution is -2.70. The standard InChI is InChI=1S/C41H53N7O6/c1-26(2)22-45-38(51)19-36(50)35(18-29-12-8-5-9-13-29)47-40(53)41(20-31-23-44-25-46-31,33-24-54-37-15-14-30(21-42)16-32(33)37)48(27(3)49)39(52)34(43)17-28-10-6-4-7-11-28/h4,6-7,10-11,14-16,23,25-26,29,33-36,50H,5,8-9,12-13,17-20,22,24,43H2,1-3H3,(H,44,46)(H,45,51)(H,47,53)/t33?,34?,35-,36-,41-/m0/s1. The van der Waals surface area contributed by atoms with Gasteiger partial charge in [-0.25, -0.2) is 4.98 Å². The van der Waals surface area contributed by atoms with Crippen molar-refractivity contribution in [3.8, 4) is 11.8 Å². The van der Waals surface area contributed by atoms with Crippen LogP contribution in [0.2, 0.25) is 0 Å². The van der Waals surface area contributed by atoms with E-state index in [0.717, 1.165) is 42.6 Å². The average Bonchev–Trinajstić information content (AvgIpc) is 3.84. The van der Waals surface area contributed by atoms with Gasteiger partial charge in [-0.2, -0.15) is 5.26 Å². The number of nitrogens with zero attached hydrogens (tertiary/aromatic N) is 3. The lowest BCUT2D eigenvalue weighted by Gasteiger charge is -2.46. The summed E-state index contributed by atoms with van der Waals surface area (Å²) in [5.41, 5.74) is 6.58. The first-order valence-corrected chi connectivity index (χ1v) is 19.0. The number of aliphatic hydroxyl groups is 1. The highest BCUT2D eigenvalue weighted by Crippen LogP contribution is 2.46. The van der Waals surface area contributed by atoms with Crippen LogP contribution in [-0.4, -0.2) is 80.5 Å². The molecule has 4 amide bonds. The molecular weight excluding hydrogens is 686 g/mol. The number of nitrogens with one attached hydrogen (secondary N) is 3. The second-order valence-corrected chi connectivity index (χ2v) is 15.2. The Bertz CT molecular complexity index is 1790. The van der Waals surface area contributed by atoms with Gasteiger partial charge in [-0.05, 0) is 48.4 Å². The van der Waals surface area contributed by atoms with Gasteiger partial charge in [0.15, 0.2) is 0 Å². The molecule has 54 heavy (non-hydrogen) atoms. The number of nitriles is 1. The van der Waals surface area contributed by atoms with Gasteiger partial charge in [0.2, 0.25) is 23.6 Å². The fraction of sp³-hybridized carbons (Fsp3) is 0.512. The number of aromatic nitrogens is 2. The molecule has 1 aromatic heterocycles. The summed E-state index contributed by atoms with van der Waals surface area (Å²) in [6.45, 7) is 5.49. The van der Waals surface area contributed by atoms with E-state index in [0.29, 0.717) is 35.5 Å². The van der Waals surface area contributed by atoms with E-state index in [9.17, 15) is 24.8 Å². The lowest BCUT2D eigenvalue weighted by atomic mass is 9.73. The number of hydrogen-bond donors (Lipinski definition) is 5. The number of aliphatic hydroxyl groups excluding tert-OH is 1. The number of imide groups is 1. The van der Waals surface area contributed by atoms with Crippen LogP contribution in [0.5, 0.6) is 5.75 Å². The van der Waals surface area contributed by atoms with Crippen molar-refractivity contribution in [2.75, 3.05) is 13.2 Å². The largest absolute Gasteiger partial charge is 0.493 e. The molecule has 13 heteroatoms. The maximum absolute atomic E-state index is 15.6. The Labute approximate surface area is 317 Å². The van der Waals surface area contributed by atoms with Crippen molar-refractivity contribution < 1.29 is 29.0 Å². The van der Waals surface area contributed by atoms with Crippen LogP contribution in [0.25, 0.3) is 0 Å². The Morgan fingerprint density at radius 1 is 1.13 bits per heavy atom. The summed E-state index contributed by atoms with van der Waals surface area (Å²) in [6, 6.07) is 14.0. The van der Waals surface area contributed by atoms with Crippen LogP contribution in [0.4, 0.5) is 0 Å². The third kappa shape index (κ3) is 9.53. The summed E-state index contributed by atoms with van der Waals surface area (Å²) < 4.78 is 6.13. The molecule has 5 atom stereocenters. The molecule has 13 nitrogen and oxygen atoms in total. The van der Waals surface area contributed by atoms with Crippen molar-refractivity contribution in [3.05, 3.63) is 83.4 Å². The van der Waals surface area contributed by atoms with E-state index in [1.165, 1.54) is 19.4 Å². The highest BCUT2D eigenvalue weighted by molar-refractivity contribution is 6.04. The van der Waals surface area contributed by atoms with Gasteiger partial charge in [0.05, 0.1) is 55.1 Å². The number of nitrogens with two attached hydrogens (primary N) is 1. The van der Waals surface area contributed by atoms with Crippen molar-refractivity contribution in [2.45, 2.75) is 108 Å². The maximum atomic E-state index is 15.6. The first-order chi connectivity index (χ1) is 25.9. The van der Waals surface area contributed by atoms with Crippen LogP contribution < -0.4 is 21.1 Å². The Morgan fingerprint density at radius 3 is 2.52 bits per heavy atom. The SMILES string of the molecule is CC(=O)N(C(=O)C(N)Cc1ccccc1)[C@](Cc1cnc[nH]1)(C(=O)N[C@@H](CC1CCCCC1)[C@@H](O)CC(=O)NCC(C)C)C1COc2ccc(C#N)cc21. The summed E-state index contributed by atoms with van der Waals surface area (Å²) in [5, 5.41) is 27.5. The molecule has 6 N–H and O–H groups in total. The van der Waals surface area contributed by atoms with Crippen LogP contribution in [0, 0.1) is 23.2 Å². The average molecular weight is 740 g/mol. The summed E-state index contributed by atoms with van der Waals surface area (Å²) >= 11 is 0. The Morgan fingerprint density at radius 2 is 1.87 bits per heavy atom. The molecule has 2 aliphatic rings. The fourth-order valence-corrected chi connectivity index (χ4v) is 7.91. The summed E-state index contributed by atoms with van der Waals surface area (Å²) in [7, 11) is 0. The minimum Gasteiger partial charge on any atom is -0.493 e. The Hall–Kier alpha value is -5.06. The highest BCUT2D eigenvalue weighted by atomic mass is 16.5. The summed E-state index contributed by atoms with van der Waals surface area (Å²) in [6.07, 6.45) is 6.66. The van der Waals surface area contributed by atoms with Crippen LogP contribution in [-0.2, 0) is 32.0 Å². The molecule has 1 saturated carbocycles. The van der Waals surface area contributed by atoms with Crippen LogP contribution in [0.1, 0.15) is 94.0 Å². The van der Waals surface area contributed by atoms with Crippen molar-refractivity contribution >= 4 is 23.6 Å².